The minimum atomic E-state index is 0.0412. The van der Waals surface area contributed by atoms with Crippen LogP contribution in [0.25, 0.3) is 0 Å². The van der Waals surface area contributed by atoms with Crippen LogP contribution in [0, 0.1) is 0 Å². The van der Waals surface area contributed by atoms with Crippen molar-refractivity contribution in [3.05, 3.63) is 18.5 Å². The van der Waals surface area contributed by atoms with Crippen LogP contribution >= 0.6 is 0 Å². The largest absolute Gasteiger partial charge is 0.338 e. The summed E-state index contributed by atoms with van der Waals surface area (Å²) < 4.78 is 0. The molecule has 2 aliphatic heterocycles. The summed E-state index contributed by atoms with van der Waals surface area (Å²) in [5, 5.41) is 3.27. The van der Waals surface area contributed by atoms with Crippen LogP contribution in [0.4, 0.5) is 5.95 Å². The lowest BCUT2D eigenvalue weighted by Gasteiger charge is -2.35. The third-order valence-corrected chi connectivity index (χ3v) is 3.78. The molecule has 0 aromatic carbocycles. The molecular formula is C13H19N5O. The zero-order valence-electron chi connectivity index (χ0n) is 11.0. The molecule has 1 N–H and O–H groups in total. The fourth-order valence-electron chi connectivity index (χ4n) is 2.70. The predicted molar refractivity (Wildman–Crippen MR) is 71.8 cm³/mol. The number of rotatable bonds is 2. The van der Waals surface area contributed by atoms with E-state index in [1.807, 2.05) is 11.0 Å². The van der Waals surface area contributed by atoms with Crippen molar-refractivity contribution in [1.29, 1.82) is 0 Å². The molecular weight excluding hydrogens is 242 g/mol. The van der Waals surface area contributed by atoms with Crippen molar-refractivity contribution in [2.75, 3.05) is 37.6 Å². The molecule has 19 heavy (non-hydrogen) atoms. The Morgan fingerprint density at radius 1 is 1.21 bits per heavy atom. The van der Waals surface area contributed by atoms with E-state index in [-0.39, 0.29) is 11.9 Å². The van der Waals surface area contributed by atoms with Crippen LogP contribution in [-0.2, 0) is 4.79 Å². The molecule has 0 spiro atoms. The van der Waals surface area contributed by atoms with Crippen LogP contribution in [-0.4, -0.2) is 59.5 Å². The van der Waals surface area contributed by atoms with Crippen molar-refractivity contribution in [3.63, 3.8) is 0 Å². The van der Waals surface area contributed by atoms with Crippen LogP contribution in [0.15, 0.2) is 18.5 Å². The second kappa shape index (κ2) is 5.52. The van der Waals surface area contributed by atoms with Crippen molar-refractivity contribution in [3.8, 4) is 0 Å². The Bertz CT molecular complexity index is 424. The van der Waals surface area contributed by atoms with E-state index in [9.17, 15) is 4.79 Å². The Balaban J connectivity index is 1.56. The number of anilines is 1. The van der Waals surface area contributed by atoms with Gasteiger partial charge in [-0.2, -0.15) is 0 Å². The normalized spacial score (nSPS) is 23.7. The first-order valence-corrected chi connectivity index (χ1v) is 6.89. The topological polar surface area (TPSA) is 61.4 Å². The fourth-order valence-corrected chi connectivity index (χ4v) is 2.70. The average molecular weight is 261 g/mol. The summed E-state index contributed by atoms with van der Waals surface area (Å²) in [5.74, 6) is 1.01. The smallest absolute Gasteiger partial charge is 0.239 e. The van der Waals surface area contributed by atoms with Crippen LogP contribution in [0.1, 0.15) is 12.8 Å². The molecule has 0 radical (unpaired) electrons. The van der Waals surface area contributed by atoms with E-state index < -0.39 is 0 Å². The molecule has 1 amide bonds. The second-order valence-corrected chi connectivity index (χ2v) is 5.01. The standard InChI is InChI=1S/C13H19N5O/c19-12(11-3-1-4-14-11)17-7-9-18(10-8-17)13-15-5-2-6-16-13/h2,5-6,11,14H,1,3-4,7-10H2/t11-/m1/s1. The Kier molecular flexibility index (Phi) is 3.59. The molecule has 2 aliphatic rings. The molecule has 2 fully saturated rings. The first-order valence-electron chi connectivity index (χ1n) is 6.89. The lowest BCUT2D eigenvalue weighted by Crippen LogP contribution is -2.53. The van der Waals surface area contributed by atoms with Gasteiger partial charge in [0.2, 0.25) is 11.9 Å². The first-order chi connectivity index (χ1) is 9.34. The van der Waals surface area contributed by atoms with Gasteiger partial charge >= 0.3 is 0 Å². The highest BCUT2D eigenvalue weighted by Gasteiger charge is 2.29. The van der Waals surface area contributed by atoms with E-state index in [2.05, 4.69) is 20.2 Å². The number of nitrogens with zero attached hydrogens (tertiary/aromatic N) is 4. The maximum Gasteiger partial charge on any atom is 0.239 e. The van der Waals surface area contributed by atoms with Crippen molar-refractivity contribution in [1.82, 2.24) is 20.2 Å². The van der Waals surface area contributed by atoms with Gasteiger partial charge in [-0.1, -0.05) is 0 Å². The maximum absolute atomic E-state index is 12.3. The minimum absolute atomic E-state index is 0.0412. The Morgan fingerprint density at radius 3 is 2.58 bits per heavy atom. The third kappa shape index (κ3) is 2.68. The van der Waals surface area contributed by atoms with Crippen LogP contribution in [0.5, 0.6) is 0 Å². The van der Waals surface area contributed by atoms with Crippen molar-refractivity contribution >= 4 is 11.9 Å². The Labute approximate surface area is 112 Å². The third-order valence-electron chi connectivity index (χ3n) is 3.78. The van der Waals surface area contributed by atoms with Gasteiger partial charge in [0, 0.05) is 38.6 Å². The van der Waals surface area contributed by atoms with Gasteiger partial charge in [0.05, 0.1) is 6.04 Å². The van der Waals surface area contributed by atoms with Gasteiger partial charge in [-0.15, -0.1) is 0 Å². The Hall–Kier alpha value is -1.69. The van der Waals surface area contributed by atoms with Gasteiger partial charge in [-0.05, 0) is 25.5 Å². The summed E-state index contributed by atoms with van der Waals surface area (Å²) in [6, 6.07) is 1.86. The summed E-state index contributed by atoms with van der Waals surface area (Å²) in [7, 11) is 0. The van der Waals surface area contributed by atoms with E-state index >= 15 is 0 Å². The zero-order valence-corrected chi connectivity index (χ0v) is 11.0. The van der Waals surface area contributed by atoms with Crippen LogP contribution < -0.4 is 10.2 Å². The quantitative estimate of drug-likeness (QED) is 0.804. The number of piperazine rings is 1. The molecule has 6 nitrogen and oxygen atoms in total. The van der Waals surface area contributed by atoms with Crippen molar-refractivity contribution in [2.45, 2.75) is 18.9 Å². The van der Waals surface area contributed by atoms with Gasteiger partial charge in [-0.25, -0.2) is 9.97 Å². The summed E-state index contributed by atoms with van der Waals surface area (Å²) in [4.78, 5) is 24.8. The molecule has 1 aromatic heterocycles. The highest BCUT2D eigenvalue weighted by Crippen LogP contribution is 2.13. The molecule has 6 heteroatoms. The molecule has 3 heterocycles. The van der Waals surface area contributed by atoms with E-state index in [4.69, 9.17) is 0 Å². The maximum atomic E-state index is 12.3. The number of amides is 1. The van der Waals surface area contributed by atoms with Crippen LogP contribution in [0.3, 0.4) is 0 Å². The van der Waals surface area contributed by atoms with E-state index in [1.54, 1.807) is 12.4 Å². The summed E-state index contributed by atoms with van der Waals surface area (Å²) in [6.07, 6.45) is 5.58. The van der Waals surface area contributed by atoms with Gasteiger partial charge in [-0.3, -0.25) is 4.79 Å². The molecule has 0 saturated carbocycles. The van der Waals surface area contributed by atoms with Gasteiger partial charge < -0.3 is 15.1 Å². The lowest BCUT2D eigenvalue weighted by atomic mass is 10.2. The highest BCUT2D eigenvalue weighted by atomic mass is 16.2. The fraction of sp³-hybridized carbons (Fsp3) is 0.615. The highest BCUT2D eigenvalue weighted by molar-refractivity contribution is 5.82. The van der Waals surface area contributed by atoms with Crippen molar-refractivity contribution < 1.29 is 4.79 Å². The van der Waals surface area contributed by atoms with Gasteiger partial charge in [0.25, 0.3) is 0 Å². The molecule has 1 aromatic rings. The average Bonchev–Trinajstić information content (AvgIpc) is 3.02. The van der Waals surface area contributed by atoms with E-state index in [0.717, 1.165) is 51.5 Å². The summed E-state index contributed by atoms with van der Waals surface area (Å²) in [6.45, 7) is 4.10. The monoisotopic (exact) mass is 261 g/mol. The number of hydrogen-bond donors (Lipinski definition) is 1. The molecule has 2 saturated heterocycles. The molecule has 3 rings (SSSR count). The van der Waals surface area contributed by atoms with Crippen LogP contribution in [0.2, 0.25) is 0 Å². The van der Waals surface area contributed by atoms with E-state index in [0.29, 0.717) is 0 Å². The number of carbonyl (C=O) groups is 1. The molecule has 0 aliphatic carbocycles. The number of aromatic nitrogens is 2. The summed E-state index contributed by atoms with van der Waals surface area (Å²) in [5.41, 5.74) is 0. The van der Waals surface area contributed by atoms with Crippen molar-refractivity contribution in [2.24, 2.45) is 0 Å². The number of nitrogens with one attached hydrogen (secondary N) is 1. The second-order valence-electron chi connectivity index (χ2n) is 5.01. The number of carbonyl (C=O) groups excluding carboxylic acids is 1. The zero-order chi connectivity index (χ0) is 13.1. The number of hydrogen-bond acceptors (Lipinski definition) is 5. The van der Waals surface area contributed by atoms with Gasteiger partial charge in [0.15, 0.2) is 0 Å². The summed E-state index contributed by atoms with van der Waals surface area (Å²) >= 11 is 0. The first kappa shape index (κ1) is 12.3. The lowest BCUT2D eigenvalue weighted by molar-refractivity contribution is -0.133. The molecule has 0 bridgehead atoms. The Morgan fingerprint density at radius 2 is 1.95 bits per heavy atom. The molecule has 1 atom stereocenters. The minimum Gasteiger partial charge on any atom is -0.338 e. The molecule has 102 valence electrons. The molecule has 0 unspecified atom stereocenters. The van der Waals surface area contributed by atoms with Gasteiger partial charge in [0.1, 0.15) is 0 Å². The van der Waals surface area contributed by atoms with E-state index in [1.165, 1.54) is 0 Å². The SMILES string of the molecule is O=C([C@H]1CCCN1)N1CCN(c2ncccn2)CC1. The predicted octanol–water partition coefficient (Wildman–Crippen LogP) is -0.123.